The van der Waals surface area contributed by atoms with E-state index in [0.717, 1.165) is 52.4 Å². The second-order valence-electron chi connectivity index (χ2n) is 14.2. The normalized spacial score (nSPS) is 17.2. The zero-order chi connectivity index (χ0) is 41.4. The van der Waals surface area contributed by atoms with Crippen molar-refractivity contribution in [3.05, 3.63) is 24.3 Å². The molecule has 4 atom stereocenters. The van der Waals surface area contributed by atoms with E-state index in [2.05, 4.69) is 43.0 Å². The Morgan fingerprint density at radius 3 is 1.30 bits per heavy atom. The number of aliphatic carboxylic acids is 1. The lowest BCUT2D eigenvalue weighted by molar-refractivity contribution is -0.231. The Morgan fingerprint density at radius 2 is 0.895 bits per heavy atom. The van der Waals surface area contributed by atoms with Crippen LogP contribution in [0, 0.1) is 0 Å². The summed E-state index contributed by atoms with van der Waals surface area (Å²) >= 11 is 0. The molecule has 0 aliphatic carbocycles. The number of carbonyl (C=O) groups excluding carboxylic acids is 3. The smallest absolute Gasteiger partial charge is 0.339 e. The Hall–Kier alpha value is -2.76. The number of carboxylic acids is 1. The molecule has 0 aromatic carbocycles. The van der Waals surface area contributed by atoms with E-state index in [4.69, 9.17) is 34.1 Å². The van der Waals surface area contributed by atoms with Crippen molar-refractivity contribution in [3.63, 3.8) is 0 Å². The predicted octanol–water partition coefficient (Wildman–Crippen LogP) is 12.5. The Morgan fingerprint density at radius 1 is 0.544 bits per heavy atom. The lowest BCUT2D eigenvalue weighted by Crippen LogP contribution is -2.03. The van der Waals surface area contributed by atoms with Crippen molar-refractivity contribution in [2.75, 3.05) is 13.2 Å². The van der Waals surface area contributed by atoms with Crippen LogP contribution in [0.3, 0.4) is 0 Å². The molecule has 0 amide bonds. The van der Waals surface area contributed by atoms with Crippen LogP contribution < -0.4 is 0 Å². The van der Waals surface area contributed by atoms with Crippen LogP contribution in [0.4, 0.5) is 0 Å². The van der Waals surface area contributed by atoms with Crippen LogP contribution in [0.15, 0.2) is 24.3 Å². The van der Waals surface area contributed by atoms with Gasteiger partial charge in [0.25, 0.3) is 5.97 Å². The van der Waals surface area contributed by atoms with Crippen molar-refractivity contribution >= 4 is 23.9 Å². The van der Waals surface area contributed by atoms with Gasteiger partial charge in [-0.15, -0.1) is 0 Å². The summed E-state index contributed by atoms with van der Waals surface area (Å²) in [7, 11) is 0. The topological polar surface area (TPSA) is 161 Å². The molecule has 2 saturated heterocycles. The Balaban J connectivity index is -0.000000395. The Labute approximate surface area is 349 Å². The van der Waals surface area contributed by atoms with E-state index in [1.54, 1.807) is 0 Å². The third kappa shape index (κ3) is 49.3. The minimum atomic E-state index is -0.833. The summed E-state index contributed by atoms with van der Waals surface area (Å²) in [6, 6.07) is 0. The number of allylic oxidation sites excluding steroid dienone is 4. The van der Waals surface area contributed by atoms with Crippen LogP contribution in [0.25, 0.3) is 0 Å². The number of unbranched alkanes of at least 4 members (excludes halogenated alkanes) is 14. The fourth-order valence-corrected chi connectivity index (χ4v) is 5.80. The molecular formula is C46H88O11. The van der Waals surface area contributed by atoms with E-state index in [-0.39, 0.29) is 26.8 Å². The third-order valence-electron chi connectivity index (χ3n) is 8.87. The number of hydrogen-bond donors (Lipinski definition) is 2. The lowest BCUT2D eigenvalue weighted by Gasteiger charge is -2.02. The Kier molecular flexibility index (Phi) is 49.1. The molecule has 2 rings (SSSR count). The molecule has 4 unspecified atom stereocenters. The SMILES string of the molecule is C.C.CC(=O)O.CC(=O)OO.CCCCC/C=C/C/C=C/CCCCCCCC(=O)OCC.CCCCCC1OC1CC1OC1CCCCCCCC(=O)OCC. The molecule has 57 heavy (non-hydrogen) atoms. The molecule has 2 fully saturated rings. The monoisotopic (exact) mass is 817 g/mol. The first-order valence-corrected chi connectivity index (χ1v) is 21.5. The second kappa shape index (κ2) is 45.9. The van der Waals surface area contributed by atoms with Gasteiger partial charge in [-0.3, -0.25) is 14.4 Å². The van der Waals surface area contributed by atoms with Gasteiger partial charge in [-0.25, -0.2) is 4.79 Å². The first kappa shape index (κ1) is 60.9. The molecule has 2 aliphatic rings. The molecule has 0 radical (unpaired) electrons. The molecular weight excluding hydrogens is 728 g/mol. The molecule has 338 valence electrons. The number of carbonyl (C=O) groups is 4. The van der Waals surface area contributed by atoms with Gasteiger partial charge >= 0.3 is 17.9 Å². The maximum absolute atomic E-state index is 11.2. The highest BCUT2D eigenvalue weighted by molar-refractivity contribution is 5.69. The number of carboxylic acid groups (broad SMARTS) is 1. The van der Waals surface area contributed by atoms with Crippen molar-refractivity contribution in [1.82, 2.24) is 0 Å². The second-order valence-corrected chi connectivity index (χ2v) is 14.2. The molecule has 0 bridgehead atoms. The summed E-state index contributed by atoms with van der Waals surface area (Å²) in [6.07, 6.45) is 38.9. The van der Waals surface area contributed by atoms with E-state index < -0.39 is 11.9 Å². The van der Waals surface area contributed by atoms with E-state index in [0.29, 0.717) is 50.5 Å². The Bertz CT molecular complexity index is 977. The largest absolute Gasteiger partial charge is 0.481 e. The number of esters is 2. The molecule has 2 aliphatic heterocycles. The predicted molar refractivity (Wildman–Crippen MR) is 232 cm³/mol. The first-order chi connectivity index (χ1) is 26.6. The molecule has 11 heteroatoms. The summed E-state index contributed by atoms with van der Waals surface area (Å²) in [5.41, 5.74) is 0. The number of epoxide rings is 2. The van der Waals surface area contributed by atoms with Crippen LogP contribution in [-0.4, -0.2) is 71.9 Å². The fourth-order valence-electron chi connectivity index (χ4n) is 5.80. The average molecular weight is 817 g/mol. The standard InChI is InChI=1S/C20H36O4.C20H36O2.C2H4O3.C2H4O2.2CH4/c1-3-5-9-12-16-18(23-16)15-19-17(24-19)13-10-7-6-8-11-14-20(21)22-4-2;1-3-5-6-7-8-9-10-11-12-13-14-15-16-17-18-19-20(21)22-4-2;1-2(3)5-4;1-2(3)4;;/h16-19H,3-15H2,1-2H3;8-9,11-12H,3-7,10,13-19H2,1-2H3;4H,1H3;1H3,(H,3,4);2*1H4/b;9-8+,12-11+;;;;. The van der Waals surface area contributed by atoms with Crippen LogP contribution in [-0.2, 0) is 43.0 Å². The number of hydrogen-bond acceptors (Lipinski definition) is 10. The molecule has 0 spiro atoms. The highest BCUT2D eigenvalue weighted by Crippen LogP contribution is 2.39. The summed E-state index contributed by atoms with van der Waals surface area (Å²) in [6.45, 7) is 11.4. The van der Waals surface area contributed by atoms with Gasteiger partial charge < -0.3 is 28.9 Å². The van der Waals surface area contributed by atoms with E-state index in [1.807, 2.05) is 13.8 Å². The van der Waals surface area contributed by atoms with Crippen molar-refractivity contribution in [1.29, 1.82) is 0 Å². The zero-order valence-electron chi connectivity index (χ0n) is 35.6. The van der Waals surface area contributed by atoms with Gasteiger partial charge in [-0.05, 0) is 71.6 Å². The summed E-state index contributed by atoms with van der Waals surface area (Å²) in [5, 5.41) is 14.7. The molecule has 2 N–H and O–H groups in total. The quantitative estimate of drug-likeness (QED) is 0.0135. The average Bonchev–Trinajstić information content (AvgIpc) is 4.08. The van der Waals surface area contributed by atoms with E-state index in [1.165, 1.54) is 103 Å². The van der Waals surface area contributed by atoms with Crippen molar-refractivity contribution in [2.45, 2.75) is 235 Å². The van der Waals surface area contributed by atoms with Crippen molar-refractivity contribution in [3.8, 4) is 0 Å². The highest BCUT2D eigenvalue weighted by Gasteiger charge is 2.47. The zero-order valence-corrected chi connectivity index (χ0v) is 35.6. The minimum Gasteiger partial charge on any atom is -0.481 e. The maximum Gasteiger partial charge on any atom is 0.339 e. The van der Waals surface area contributed by atoms with Crippen LogP contribution in [0.2, 0.25) is 0 Å². The molecule has 0 aromatic heterocycles. The van der Waals surface area contributed by atoms with Gasteiger partial charge in [0.2, 0.25) is 0 Å². The van der Waals surface area contributed by atoms with Crippen molar-refractivity contribution < 1.29 is 53.4 Å². The van der Waals surface area contributed by atoms with Gasteiger partial charge in [0, 0.05) is 33.1 Å². The van der Waals surface area contributed by atoms with Gasteiger partial charge in [0.15, 0.2) is 0 Å². The van der Waals surface area contributed by atoms with Crippen molar-refractivity contribution in [2.24, 2.45) is 0 Å². The van der Waals surface area contributed by atoms with Gasteiger partial charge in [-0.1, -0.05) is 130 Å². The number of ether oxygens (including phenoxy) is 4. The number of rotatable bonds is 30. The summed E-state index contributed by atoms with van der Waals surface area (Å²) in [5.74, 6) is -1.62. The van der Waals surface area contributed by atoms with Gasteiger partial charge in [0.05, 0.1) is 37.6 Å². The van der Waals surface area contributed by atoms with E-state index in [9.17, 15) is 14.4 Å². The van der Waals surface area contributed by atoms with Crippen LogP contribution in [0.5, 0.6) is 0 Å². The highest BCUT2D eigenvalue weighted by atomic mass is 17.1. The summed E-state index contributed by atoms with van der Waals surface area (Å²) < 4.78 is 21.4. The molecule has 0 aromatic rings. The fraction of sp³-hybridized carbons (Fsp3) is 0.826. The van der Waals surface area contributed by atoms with Crippen LogP contribution >= 0.6 is 0 Å². The first-order valence-electron chi connectivity index (χ1n) is 21.5. The van der Waals surface area contributed by atoms with Gasteiger partial charge in [-0.2, -0.15) is 5.26 Å². The van der Waals surface area contributed by atoms with E-state index >= 15 is 0 Å². The maximum atomic E-state index is 11.2. The lowest BCUT2D eigenvalue weighted by atomic mass is 10.0. The molecule has 11 nitrogen and oxygen atoms in total. The minimum absolute atomic E-state index is 0. The molecule has 0 saturated carbocycles. The molecule has 2 heterocycles. The van der Waals surface area contributed by atoms with Gasteiger partial charge in [0.1, 0.15) is 0 Å². The third-order valence-corrected chi connectivity index (χ3v) is 8.87. The van der Waals surface area contributed by atoms with Crippen LogP contribution in [0.1, 0.15) is 210 Å². The summed E-state index contributed by atoms with van der Waals surface area (Å²) in [4.78, 5) is 43.8.